The molecule has 180 valence electrons. The molecule has 0 spiro atoms. The summed E-state index contributed by atoms with van der Waals surface area (Å²) in [5, 5.41) is 0. The van der Waals surface area contributed by atoms with Gasteiger partial charge in [-0.05, 0) is 0 Å². The first-order valence-corrected chi connectivity index (χ1v) is 9.90. The molecule has 0 aliphatic carbocycles. The molecule has 12 nitrogen and oxygen atoms in total. The van der Waals surface area contributed by atoms with Gasteiger partial charge in [0, 0.05) is 41.0 Å². The van der Waals surface area contributed by atoms with Crippen molar-refractivity contribution >= 4 is 0 Å². The van der Waals surface area contributed by atoms with Gasteiger partial charge < -0.3 is 42.6 Å². The van der Waals surface area contributed by atoms with E-state index in [4.69, 9.17) is 42.6 Å². The third-order valence-electron chi connectivity index (χ3n) is 3.96. The molecule has 0 N–H and O–H groups in total. The van der Waals surface area contributed by atoms with E-state index in [0.717, 1.165) is 39.6 Å². The fraction of sp³-hybridized carbons (Fsp3) is 1.00. The molecular formula is C18H39N3O9. The van der Waals surface area contributed by atoms with Gasteiger partial charge in [-0.3, -0.25) is 14.7 Å². The molecule has 1 aliphatic heterocycles. The molecular weight excluding hydrogens is 402 g/mol. The summed E-state index contributed by atoms with van der Waals surface area (Å²) in [6, 6.07) is 0. The molecule has 12 heteroatoms. The Morgan fingerprint density at radius 1 is 0.433 bits per heavy atom. The number of hydrogen-bond donors (Lipinski definition) is 0. The normalized spacial score (nSPS) is 16.5. The van der Waals surface area contributed by atoms with Crippen molar-refractivity contribution in [1.29, 1.82) is 0 Å². The van der Waals surface area contributed by atoms with Gasteiger partial charge in [0.05, 0.1) is 39.8 Å². The van der Waals surface area contributed by atoms with Crippen LogP contribution in [0.2, 0.25) is 0 Å². The zero-order chi connectivity index (χ0) is 21.7. The van der Waals surface area contributed by atoms with Crippen molar-refractivity contribution in [3.63, 3.8) is 0 Å². The smallest absolute Gasteiger partial charge is 0.149 e. The van der Waals surface area contributed by atoms with Crippen LogP contribution in [0.5, 0.6) is 0 Å². The average Bonchev–Trinajstić information content (AvgIpc) is 2.75. The van der Waals surface area contributed by atoms with Crippen LogP contribution in [0.15, 0.2) is 0 Å². The lowest BCUT2D eigenvalue weighted by molar-refractivity contribution is -0.136. The maximum atomic E-state index is 5.49. The third-order valence-corrected chi connectivity index (χ3v) is 3.96. The average molecular weight is 442 g/mol. The summed E-state index contributed by atoms with van der Waals surface area (Å²) >= 11 is 0. The molecule has 1 heterocycles. The fourth-order valence-corrected chi connectivity index (χ4v) is 2.69. The van der Waals surface area contributed by atoms with E-state index in [9.17, 15) is 0 Å². The maximum absolute atomic E-state index is 5.49. The second-order valence-corrected chi connectivity index (χ2v) is 6.52. The van der Waals surface area contributed by atoms with E-state index in [1.54, 1.807) is 21.3 Å². The topological polar surface area (TPSA) is 92.8 Å². The van der Waals surface area contributed by atoms with E-state index in [1.807, 2.05) is 0 Å². The minimum absolute atomic E-state index is 0.222. The lowest BCUT2D eigenvalue weighted by atomic mass is 10.4. The maximum Gasteiger partial charge on any atom is 0.149 e. The van der Waals surface area contributed by atoms with Gasteiger partial charge >= 0.3 is 0 Å². The highest BCUT2D eigenvalue weighted by atomic mass is 16.7. The Labute approximate surface area is 179 Å². The van der Waals surface area contributed by atoms with Crippen LogP contribution in [0, 0.1) is 0 Å². The van der Waals surface area contributed by atoms with Crippen LogP contribution in [0.3, 0.4) is 0 Å². The Bertz CT molecular complexity index is 313. The summed E-state index contributed by atoms with van der Waals surface area (Å²) in [4.78, 5) is 6.92. The SMILES string of the molecule is COCOCOCCN1CN(CCOCOCOC)CN(CCOCOCOC)C1. The lowest BCUT2D eigenvalue weighted by Gasteiger charge is -2.42. The van der Waals surface area contributed by atoms with Gasteiger partial charge in [-0.1, -0.05) is 0 Å². The number of methoxy groups -OCH3 is 3. The van der Waals surface area contributed by atoms with Crippen molar-refractivity contribution in [2.45, 2.75) is 0 Å². The first-order valence-electron chi connectivity index (χ1n) is 9.90. The molecule has 30 heavy (non-hydrogen) atoms. The number of ether oxygens (including phenoxy) is 9. The highest BCUT2D eigenvalue weighted by Gasteiger charge is 2.22. The van der Waals surface area contributed by atoms with Gasteiger partial charge in [-0.2, -0.15) is 0 Å². The molecule has 0 aromatic rings. The van der Waals surface area contributed by atoms with Gasteiger partial charge in [0.2, 0.25) is 0 Å². The van der Waals surface area contributed by atoms with Gasteiger partial charge in [0.25, 0.3) is 0 Å². The van der Waals surface area contributed by atoms with Crippen LogP contribution >= 0.6 is 0 Å². The zero-order valence-electron chi connectivity index (χ0n) is 18.6. The summed E-state index contributed by atoms with van der Waals surface area (Å²) in [6.45, 7) is 7.96. The van der Waals surface area contributed by atoms with Crippen molar-refractivity contribution in [1.82, 2.24) is 14.7 Å². The van der Waals surface area contributed by atoms with Crippen molar-refractivity contribution in [3.8, 4) is 0 Å². The minimum Gasteiger partial charge on any atom is -0.359 e. The highest BCUT2D eigenvalue weighted by molar-refractivity contribution is 4.69. The Balaban J connectivity index is 2.29. The van der Waals surface area contributed by atoms with E-state index in [0.29, 0.717) is 19.8 Å². The Hall–Kier alpha value is -0.480. The molecule has 0 aromatic carbocycles. The second kappa shape index (κ2) is 20.4. The summed E-state index contributed by atoms with van der Waals surface area (Å²) in [7, 11) is 4.74. The fourth-order valence-electron chi connectivity index (χ4n) is 2.69. The second-order valence-electron chi connectivity index (χ2n) is 6.52. The Morgan fingerprint density at radius 3 is 1.00 bits per heavy atom. The van der Waals surface area contributed by atoms with Crippen LogP contribution in [0.1, 0.15) is 0 Å². The first-order chi connectivity index (χ1) is 14.8. The molecule has 0 unspecified atom stereocenters. The van der Waals surface area contributed by atoms with Crippen LogP contribution in [-0.2, 0) is 42.6 Å². The monoisotopic (exact) mass is 441 g/mol. The molecule has 0 atom stereocenters. The van der Waals surface area contributed by atoms with Crippen molar-refractivity contribution in [3.05, 3.63) is 0 Å². The van der Waals surface area contributed by atoms with Gasteiger partial charge in [0.15, 0.2) is 0 Å². The van der Waals surface area contributed by atoms with Crippen molar-refractivity contribution < 1.29 is 42.6 Å². The molecule has 0 bridgehead atoms. The largest absolute Gasteiger partial charge is 0.359 e. The molecule has 0 amide bonds. The minimum atomic E-state index is 0.222. The Morgan fingerprint density at radius 2 is 0.733 bits per heavy atom. The lowest BCUT2D eigenvalue weighted by Crippen LogP contribution is -2.56. The highest BCUT2D eigenvalue weighted by Crippen LogP contribution is 2.07. The molecule has 1 aliphatic rings. The Kier molecular flexibility index (Phi) is 18.8. The van der Waals surface area contributed by atoms with Crippen LogP contribution in [0.4, 0.5) is 0 Å². The van der Waals surface area contributed by atoms with E-state index in [2.05, 4.69) is 14.7 Å². The number of rotatable bonds is 21. The van der Waals surface area contributed by atoms with Gasteiger partial charge in [-0.15, -0.1) is 0 Å². The van der Waals surface area contributed by atoms with Crippen LogP contribution in [-0.4, -0.2) is 136 Å². The predicted molar refractivity (Wildman–Crippen MR) is 106 cm³/mol. The summed E-state index contributed by atoms with van der Waals surface area (Å²) < 4.78 is 46.4. The third kappa shape index (κ3) is 15.3. The van der Waals surface area contributed by atoms with Crippen molar-refractivity contribution in [2.24, 2.45) is 0 Å². The number of hydrogen-bond acceptors (Lipinski definition) is 12. The van der Waals surface area contributed by atoms with E-state index >= 15 is 0 Å². The summed E-state index contributed by atoms with van der Waals surface area (Å²) in [5.41, 5.74) is 0. The number of nitrogens with zero attached hydrogens (tertiary/aromatic N) is 3. The molecule has 0 aromatic heterocycles. The molecule has 0 saturated carbocycles. The van der Waals surface area contributed by atoms with E-state index < -0.39 is 0 Å². The standard InChI is InChI=1S/C18H39N3O9/c1-22-13-28-16-25-7-4-19-10-20(5-8-26-17-29-14-23-2)12-21(11-19)6-9-27-18-30-15-24-3/h4-18H2,1-3H3. The van der Waals surface area contributed by atoms with E-state index in [-0.39, 0.29) is 40.8 Å². The summed E-state index contributed by atoms with van der Waals surface area (Å²) in [5.74, 6) is 0. The van der Waals surface area contributed by atoms with Gasteiger partial charge in [-0.25, -0.2) is 0 Å². The first kappa shape index (κ1) is 27.6. The molecule has 1 saturated heterocycles. The van der Waals surface area contributed by atoms with Crippen LogP contribution in [0.25, 0.3) is 0 Å². The quantitative estimate of drug-likeness (QED) is 0.171. The van der Waals surface area contributed by atoms with Crippen molar-refractivity contribution in [2.75, 3.05) is 122 Å². The molecule has 1 fully saturated rings. The molecule has 0 radical (unpaired) electrons. The van der Waals surface area contributed by atoms with Gasteiger partial charge in [0.1, 0.15) is 40.8 Å². The predicted octanol–water partition coefficient (Wildman–Crippen LogP) is -0.438. The van der Waals surface area contributed by atoms with E-state index in [1.165, 1.54) is 0 Å². The van der Waals surface area contributed by atoms with Crippen LogP contribution < -0.4 is 0 Å². The molecule has 1 rings (SSSR count). The summed E-state index contributed by atoms with van der Waals surface area (Å²) in [6.07, 6.45) is 0. The zero-order valence-corrected chi connectivity index (χ0v) is 18.6.